The molecule has 2 atom stereocenters. The summed E-state index contributed by atoms with van der Waals surface area (Å²) in [7, 11) is 0. The third-order valence-electron chi connectivity index (χ3n) is 4.80. The fraction of sp³-hybridized carbons (Fsp3) is 0.562. The summed E-state index contributed by atoms with van der Waals surface area (Å²) in [6, 6.07) is 4.82. The molecule has 1 aromatic carbocycles. The number of aryl methyl sites for hydroxylation is 1. The van der Waals surface area contributed by atoms with Gasteiger partial charge < -0.3 is 10.6 Å². The topological polar surface area (TPSA) is 41.1 Å². The molecule has 2 N–H and O–H groups in total. The van der Waals surface area contributed by atoms with Crippen molar-refractivity contribution in [2.45, 2.75) is 38.1 Å². The third kappa shape index (κ3) is 1.88. The minimum Gasteiger partial charge on any atom is -0.347 e. The SMILES string of the molecule is Cc1cc(CC2CC2)cc2c1C(=O)N[C@H]1CNC[C@H]21. The number of hydrogen-bond donors (Lipinski definition) is 2. The van der Waals surface area contributed by atoms with Crippen LogP contribution in [0.5, 0.6) is 0 Å². The molecule has 2 heterocycles. The van der Waals surface area contributed by atoms with E-state index in [0.717, 1.165) is 30.1 Å². The quantitative estimate of drug-likeness (QED) is 0.846. The van der Waals surface area contributed by atoms with Gasteiger partial charge in [0.25, 0.3) is 5.91 Å². The molecule has 0 bridgehead atoms. The molecule has 4 rings (SSSR count). The van der Waals surface area contributed by atoms with Crippen LogP contribution in [0, 0.1) is 12.8 Å². The van der Waals surface area contributed by atoms with Gasteiger partial charge >= 0.3 is 0 Å². The van der Waals surface area contributed by atoms with Gasteiger partial charge in [-0.15, -0.1) is 0 Å². The van der Waals surface area contributed by atoms with Crippen molar-refractivity contribution < 1.29 is 4.79 Å². The van der Waals surface area contributed by atoms with Crippen LogP contribution in [0.4, 0.5) is 0 Å². The van der Waals surface area contributed by atoms with E-state index in [1.54, 1.807) is 0 Å². The van der Waals surface area contributed by atoms with E-state index < -0.39 is 0 Å². The average molecular weight is 256 g/mol. The highest BCUT2D eigenvalue weighted by molar-refractivity contribution is 5.99. The molecule has 0 spiro atoms. The van der Waals surface area contributed by atoms with Gasteiger partial charge in [0.15, 0.2) is 0 Å². The number of carbonyl (C=O) groups excluding carboxylic acids is 1. The molecule has 0 aromatic heterocycles. The van der Waals surface area contributed by atoms with Gasteiger partial charge in [-0.25, -0.2) is 0 Å². The molecule has 2 fully saturated rings. The Hall–Kier alpha value is -1.35. The molecule has 1 amide bonds. The van der Waals surface area contributed by atoms with E-state index in [-0.39, 0.29) is 11.9 Å². The van der Waals surface area contributed by atoms with Crippen LogP contribution in [0.2, 0.25) is 0 Å². The fourth-order valence-corrected chi connectivity index (χ4v) is 3.67. The lowest BCUT2D eigenvalue weighted by Gasteiger charge is -2.30. The number of hydrogen-bond acceptors (Lipinski definition) is 2. The first-order valence-corrected chi connectivity index (χ1v) is 7.37. The van der Waals surface area contributed by atoms with E-state index in [0.29, 0.717) is 5.92 Å². The summed E-state index contributed by atoms with van der Waals surface area (Å²) in [5.41, 5.74) is 4.80. The third-order valence-corrected chi connectivity index (χ3v) is 4.80. The second-order valence-electron chi connectivity index (χ2n) is 6.37. The molecular formula is C16H20N2O. The van der Waals surface area contributed by atoms with E-state index in [1.165, 1.54) is 30.4 Å². The molecule has 1 saturated heterocycles. The van der Waals surface area contributed by atoms with Crippen molar-refractivity contribution in [2.75, 3.05) is 13.1 Å². The van der Waals surface area contributed by atoms with Gasteiger partial charge in [-0.2, -0.15) is 0 Å². The van der Waals surface area contributed by atoms with Crippen molar-refractivity contribution in [3.05, 3.63) is 34.4 Å². The smallest absolute Gasteiger partial charge is 0.252 e. The van der Waals surface area contributed by atoms with Crippen LogP contribution >= 0.6 is 0 Å². The van der Waals surface area contributed by atoms with Crippen molar-refractivity contribution in [3.63, 3.8) is 0 Å². The Bertz CT molecular complexity index is 548. The highest BCUT2D eigenvalue weighted by Gasteiger charge is 2.37. The van der Waals surface area contributed by atoms with Crippen molar-refractivity contribution >= 4 is 5.91 Å². The zero-order valence-corrected chi connectivity index (χ0v) is 11.3. The normalized spacial score (nSPS) is 28.8. The molecular weight excluding hydrogens is 236 g/mol. The first-order valence-electron chi connectivity index (χ1n) is 7.37. The molecule has 0 unspecified atom stereocenters. The minimum atomic E-state index is 0.121. The lowest BCUT2D eigenvalue weighted by atomic mass is 9.82. The van der Waals surface area contributed by atoms with E-state index in [1.807, 2.05) is 0 Å². The van der Waals surface area contributed by atoms with Crippen LogP contribution in [0.1, 0.15) is 45.8 Å². The summed E-state index contributed by atoms with van der Waals surface area (Å²) in [5, 5.41) is 6.55. The van der Waals surface area contributed by atoms with E-state index in [4.69, 9.17) is 0 Å². The Kier molecular flexibility index (Phi) is 2.46. The Balaban J connectivity index is 1.79. The number of benzene rings is 1. The van der Waals surface area contributed by atoms with Crippen LogP contribution in [0.3, 0.4) is 0 Å². The molecule has 19 heavy (non-hydrogen) atoms. The average Bonchev–Trinajstić information content (AvgIpc) is 3.04. The summed E-state index contributed by atoms with van der Waals surface area (Å²) in [5.74, 6) is 1.48. The molecule has 3 nitrogen and oxygen atoms in total. The number of amides is 1. The predicted molar refractivity (Wildman–Crippen MR) is 74.5 cm³/mol. The van der Waals surface area contributed by atoms with Gasteiger partial charge in [0.05, 0.1) is 0 Å². The largest absolute Gasteiger partial charge is 0.347 e. The first kappa shape index (κ1) is 11.5. The Morgan fingerprint density at radius 2 is 2.11 bits per heavy atom. The van der Waals surface area contributed by atoms with Crippen LogP contribution in [0.15, 0.2) is 12.1 Å². The van der Waals surface area contributed by atoms with Gasteiger partial charge in [-0.1, -0.05) is 12.1 Å². The van der Waals surface area contributed by atoms with Gasteiger partial charge in [0.1, 0.15) is 0 Å². The number of carbonyl (C=O) groups is 1. The predicted octanol–water partition coefficient (Wildman–Crippen LogP) is 1.75. The Labute approximate surface area is 113 Å². The molecule has 2 aliphatic heterocycles. The lowest BCUT2D eigenvalue weighted by Crippen LogP contribution is -2.44. The van der Waals surface area contributed by atoms with E-state index in [9.17, 15) is 4.79 Å². The maximum atomic E-state index is 12.3. The van der Waals surface area contributed by atoms with Crippen LogP contribution in [-0.4, -0.2) is 25.0 Å². The number of fused-ring (bicyclic) bond motifs is 3. The standard InChI is InChI=1S/C16H20N2O/c1-9-4-11(5-10-2-3-10)6-12-13-7-17-8-14(13)18-16(19)15(9)12/h4,6,10,13-14,17H,2-3,5,7-8H2,1H3,(H,18,19)/t13-,14+/m1/s1. The van der Waals surface area contributed by atoms with Crippen molar-refractivity contribution in [3.8, 4) is 0 Å². The molecule has 3 heteroatoms. The highest BCUT2D eigenvalue weighted by atomic mass is 16.1. The van der Waals surface area contributed by atoms with Crippen molar-refractivity contribution in [2.24, 2.45) is 5.92 Å². The Morgan fingerprint density at radius 3 is 2.89 bits per heavy atom. The van der Waals surface area contributed by atoms with Crippen molar-refractivity contribution in [1.82, 2.24) is 10.6 Å². The highest BCUT2D eigenvalue weighted by Crippen LogP contribution is 2.37. The summed E-state index contributed by atoms with van der Waals surface area (Å²) >= 11 is 0. The van der Waals surface area contributed by atoms with Crippen LogP contribution < -0.4 is 10.6 Å². The summed E-state index contributed by atoms with van der Waals surface area (Å²) in [4.78, 5) is 12.3. The van der Waals surface area contributed by atoms with E-state index in [2.05, 4.69) is 29.7 Å². The fourth-order valence-electron chi connectivity index (χ4n) is 3.67. The summed E-state index contributed by atoms with van der Waals surface area (Å²) < 4.78 is 0. The summed E-state index contributed by atoms with van der Waals surface area (Å²) in [6.07, 6.45) is 3.95. The maximum Gasteiger partial charge on any atom is 0.252 e. The van der Waals surface area contributed by atoms with E-state index >= 15 is 0 Å². The number of rotatable bonds is 2. The van der Waals surface area contributed by atoms with Gasteiger partial charge in [0, 0.05) is 30.6 Å². The molecule has 1 aliphatic carbocycles. The lowest BCUT2D eigenvalue weighted by molar-refractivity contribution is 0.0923. The monoisotopic (exact) mass is 256 g/mol. The molecule has 1 aromatic rings. The number of nitrogens with one attached hydrogen (secondary N) is 2. The molecule has 3 aliphatic rings. The Morgan fingerprint density at radius 1 is 1.26 bits per heavy atom. The first-order chi connectivity index (χ1) is 9.22. The molecule has 100 valence electrons. The maximum absolute atomic E-state index is 12.3. The zero-order chi connectivity index (χ0) is 13.0. The minimum absolute atomic E-state index is 0.121. The zero-order valence-electron chi connectivity index (χ0n) is 11.3. The second kappa shape index (κ2) is 4.07. The molecule has 0 radical (unpaired) electrons. The summed E-state index contributed by atoms with van der Waals surface area (Å²) in [6.45, 7) is 3.98. The van der Waals surface area contributed by atoms with Gasteiger partial charge in [0.2, 0.25) is 0 Å². The van der Waals surface area contributed by atoms with Gasteiger partial charge in [-0.3, -0.25) is 4.79 Å². The van der Waals surface area contributed by atoms with Gasteiger partial charge in [-0.05, 0) is 48.8 Å². The van der Waals surface area contributed by atoms with Crippen LogP contribution in [0.25, 0.3) is 0 Å². The van der Waals surface area contributed by atoms with Crippen molar-refractivity contribution in [1.29, 1.82) is 0 Å². The second-order valence-corrected chi connectivity index (χ2v) is 6.37. The molecule has 1 saturated carbocycles. The van der Waals surface area contributed by atoms with Crippen LogP contribution in [-0.2, 0) is 6.42 Å².